The van der Waals surface area contributed by atoms with Crippen molar-refractivity contribution in [3.8, 4) is 11.4 Å². The molecule has 3 N–H and O–H groups in total. The molecule has 0 aliphatic rings. The molecule has 4 aromatic rings. The summed E-state index contributed by atoms with van der Waals surface area (Å²) < 4.78 is 0. The third-order valence-electron chi connectivity index (χ3n) is 4.46. The molecule has 27 heavy (non-hydrogen) atoms. The van der Waals surface area contributed by atoms with E-state index >= 15 is 0 Å². The van der Waals surface area contributed by atoms with Gasteiger partial charge in [0.15, 0.2) is 0 Å². The van der Waals surface area contributed by atoms with E-state index in [-0.39, 0.29) is 5.56 Å². The number of aromatic nitrogens is 3. The van der Waals surface area contributed by atoms with Gasteiger partial charge < -0.3 is 20.2 Å². The first-order valence-corrected chi connectivity index (χ1v) is 9.10. The van der Waals surface area contributed by atoms with E-state index in [4.69, 9.17) is 11.6 Å². The van der Waals surface area contributed by atoms with Crippen LogP contribution in [0.5, 0.6) is 0 Å². The predicted molar refractivity (Wildman–Crippen MR) is 112 cm³/mol. The minimum atomic E-state index is -0.198. The van der Waals surface area contributed by atoms with Gasteiger partial charge in [-0.15, -0.1) is 0 Å². The van der Waals surface area contributed by atoms with Gasteiger partial charge >= 0.3 is 0 Å². The third kappa shape index (κ3) is 3.41. The van der Waals surface area contributed by atoms with Crippen LogP contribution < -0.4 is 10.9 Å². The Kier molecular flexibility index (Phi) is 4.59. The molecule has 2 aromatic heterocycles. The molecule has 0 atom stereocenters. The van der Waals surface area contributed by atoms with E-state index in [0.717, 1.165) is 34.2 Å². The second-order valence-electron chi connectivity index (χ2n) is 6.73. The van der Waals surface area contributed by atoms with Crippen LogP contribution in [0.3, 0.4) is 0 Å². The molecule has 6 nitrogen and oxygen atoms in total. The Hall–Kier alpha value is -2.83. The predicted octanol–water partition coefficient (Wildman–Crippen LogP) is 3.70. The van der Waals surface area contributed by atoms with E-state index in [1.807, 2.05) is 50.5 Å². The molecule has 0 amide bonds. The van der Waals surface area contributed by atoms with Gasteiger partial charge in [0.25, 0.3) is 5.56 Å². The number of hydrogen-bond donors (Lipinski definition) is 3. The number of benzene rings is 2. The standard InChI is InChI=1S/C20H20ClN5O/c1-26(2)10-9-22-18-13-11-12(21)7-8-14(13)25-20(27)17(18)19-23-15-5-3-4-6-16(15)24-19/h3-8,11H,9-10H2,1-2H3,(H,23,24)(H2,22,25,27). The summed E-state index contributed by atoms with van der Waals surface area (Å²) in [5.74, 6) is 0.534. The quantitative estimate of drug-likeness (QED) is 0.492. The number of imidazole rings is 1. The Morgan fingerprint density at radius 3 is 2.70 bits per heavy atom. The molecule has 4 rings (SSSR count). The van der Waals surface area contributed by atoms with E-state index in [9.17, 15) is 4.79 Å². The molecule has 138 valence electrons. The molecular weight excluding hydrogens is 362 g/mol. The molecule has 0 saturated carbocycles. The highest BCUT2D eigenvalue weighted by Gasteiger charge is 2.18. The van der Waals surface area contributed by atoms with Crippen LogP contribution in [0, 0.1) is 0 Å². The van der Waals surface area contributed by atoms with Crippen LogP contribution >= 0.6 is 11.6 Å². The van der Waals surface area contributed by atoms with Gasteiger partial charge in [-0.1, -0.05) is 23.7 Å². The summed E-state index contributed by atoms with van der Waals surface area (Å²) >= 11 is 6.23. The van der Waals surface area contributed by atoms with E-state index < -0.39 is 0 Å². The number of H-pyrrole nitrogens is 2. The normalized spacial score (nSPS) is 11.6. The highest BCUT2D eigenvalue weighted by atomic mass is 35.5. The van der Waals surface area contributed by atoms with E-state index in [1.165, 1.54) is 0 Å². The summed E-state index contributed by atoms with van der Waals surface area (Å²) in [7, 11) is 4.02. The Labute approximate surface area is 161 Å². The van der Waals surface area contributed by atoms with Gasteiger partial charge in [-0.2, -0.15) is 0 Å². The molecule has 7 heteroatoms. The molecule has 0 unspecified atom stereocenters. The summed E-state index contributed by atoms with van der Waals surface area (Å²) in [6, 6.07) is 13.2. The molecule has 0 fully saturated rings. The van der Waals surface area contributed by atoms with Gasteiger partial charge in [-0.3, -0.25) is 4.79 Å². The first kappa shape index (κ1) is 17.6. The van der Waals surface area contributed by atoms with E-state index in [1.54, 1.807) is 6.07 Å². The lowest BCUT2D eigenvalue weighted by Gasteiger charge is -2.16. The maximum atomic E-state index is 12.9. The lowest BCUT2D eigenvalue weighted by atomic mass is 10.1. The van der Waals surface area contributed by atoms with Gasteiger partial charge in [0.05, 0.1) is 22.2 Å². The van der Waals surface area contributed by atoms with Crippen LogP contribution in [-0.2, 0) is 0 Å². The number of likely N-dealkylation sites (N-methyl/N-ethyl adjacent to an activating group) is 1. The van der Waals surface area contributed by atoms with Crippen molar-refractivity contribution in [3.63, 3.8) is 0 Å². The van der Waals surface area contributed by atoms with Gasteiger partial charge in [-0.25, -0.2) is 4.98 Å². The number of rotatable bonds is 5. The molecule has 2 heterocycles. The molecular formula is C20H20ClN5O. The zero-order chi connectivity index (χ0) is 19.0. The SMILES string of the molecule is CN(C)CCNc1c(-c2nc3ccccc3[nH]2)c(=O)[nH]c2ccc(Cl)cc12. The fraction of sp³-hybridized carbons (Fsp3) is 0.200. The first-order valence-electron chi connectivity index (χ1n) is 8.72. The van der Waals surface area contributed by atoms with E-state index in [2.05, 4.69) is 25.2 Å². The third-order valence-corrected chi connectivity index (χ3v) is 4.70. The van der Waals surface area contributed by atoms with Crippen LogP contribution in [0.15, 0.2) is 47.3 Å². The number of nitrogens with one attached hydrogen (secondary N) is 3. The maximum Gasteiger partial charge on any atom is 0.261 e. The van der Waals surface area contributed by atoms with E-state index in [0.29, 0.717) is 23.0 Å². The zero-order valence-electron chi connectivity index (χ0n) is 15.1. The minimum Gasteiger partial charge on any atom is -0.382 e. The average Bonchev–Trinajstić information content (AvgIpc) is 3.05. The molecule has 0 radical (unpaired) electrons. The van der Waals surface area contributed by atoms with Crippen LogP contribution in [0.2, 0.25) is 5.02 Å². The van der Waals surface area contributed by atoms with Gasteiger partial charge in [0.1, 0.15) is 11.4 Å². The summed E-state index contributed by atoms with van der Waals surface area (Å²) in [4.78, 5) is 25.8. The second kappa shape index (κ2) is 7.06. The first-order chi connectivity index (χ1) is 13.0. The zero-order valence-corrected chi connectivity index (χ0v) is 15.9. The maximum absolute atomic E-state index is 12.9. The molecule has 0 spiro atoms. The number of nitrogens with zero attached hydrogens (tertiary/aromatic N) is 2. The lowest BCUT2D eigenvalue weighted by Crippen LogP contribution is -2.22. The van der Waals surface area contributed by atoms with Crippen molar-refractivity contribution in [3.05, 3.63) is 57.8 Å². The van der Waals surface area contributed by atoms with Gasteiger partial charge in [-0.05, 0) is 44.4 Å². The number of para-hydroxylation sites is 2. The summed E-state index contributed by atoms with van der Waals surface area (Å²) in [6.45, 7) is 1.51. The molecule has 0 saturated heterocycles. The minimum absolute atomic E-state index is 0.198. The fourth-order valence-corrected chi connectivity index (χ4v) is 3.32. The Morgan fingerprint density at radius 2 is 1.93 bits per heavy atom. The number of pyridine rings is 1. The van der Waals surface area contributed by atoms with Crippen molar-refractivity contribution in [1.29, 1.82) is 0 Å². The topological polar surface area (TPSA) is 76.8 Å². The monoisotopic (exact) mass is 381 g/mol. The Balaban J connectivity index is 1.94. The highest BCUT2D eigenvalue weighted by Crippen LogP contribution is 2.32. The Bertz CT molecular complexity index is 1150. The smallest absolute Gasteiger partial charge is 0.261 e. The number of fused-ring (bicyclic) bond motifs is 2. The number of aromatic amines is 2. The number of anilines is 1. The van der Waals surface area contributed by atoms with Crippen LogP contribution in [0.1, 0.15) is 0 Å². The van der Waals surface area contributed by atoms with Crippen molar-refractivity contribution in [2.45, 2.75) is 0 Å². The van der Waals surface area contributed by atoms with Crippen molar-refractivity contribution in [2.24, 2.45) is 0 Å². The van der Waals surface area contributed by atoms with Crippen LogP contribution in [0.25, 0.3) is 33.3 Å². The van der Waals surface area contributed by atoms with Gasteiger partial charge in [0, 0.05) is 23.5 Å². The highest BCUT2D eigenvalue weighted by molar-refractivity contribution is 6.31. The lowest BCUT2D eigenvalue weighted by molar-refractivity contribution is 0.425. The molecule has 2 aromatic carbocycles. The molecule has 0 aliphatic heterocycles. The summed E-state index contributed by atoms with van der Waals surface area (Å²) in [5, 5.41) is 4.89. The number of hydrogen-bond acceptors (Lipinski definition) is 4. The molecule has 0 bridgehead atoms. The second-order valence-corrected chi connectivity index (χ2v) is 7.16. The van der Waals surface area contributed by atoms with Crippen LogP contribution in [-0.4, -0.2) is 47.0 Å². The fourth-order valence-electron chi connectivity index (χ4n) is 3.15. The average molecular weight is 382 g/mol. The van der Waals surface area contributed by atoms with Crippen LogP contribution in [0.4, 0.5) is 5.69 Å². The van der Waals surface area contributed by atoms with Crippen molar-refractivity contribution >= 4 is 39.2 Å². The summed E-state index contributed by atoms with van der Waals surface area (Å²) in [6.07, 6.45) is 0. The van der Waals surface area contributed by atoms with Crippen molar-refractivity contribution in [1.82, 2.24) is 19.9 Å². The molecule has 0 aliphatic carbocycles. The largest absolute Gasteiger partial charge is 0.382 e. The summed E-state index contributed by atoms with van der Waals surface area (Å²) in [5.41, 5.74) is 3.46. The van der Waals surface area contributed by atoms with Gasteiger partial charge in [0.2, 0.25) is 0 Å². The van der Waals surface area contributed by atoms with Crippen molar-refractivity contribution < 1.29 is 0 Å². The Morgan fingerprint density at radius 1 is 1.11 bits per heavy atom. The van der Waals surface area contributed by atoms with Crippen molar-refractivity contribution in [2.75, 3.05) is 32.5 Å². The number of halogens is 1.